The maximum Gasteiger partial charge on any atom is 0.236 e. The predicted molar refractivity (Wildman–Crippen MR) is 76.2 cm³/mol. The molecule has 1 heterocycles. The molecule has 4 nitrogen and oxygen atoms in total. The third kappa shape index (κ3) is 3.97. The molecule has 7 heteroatoms. The van der Waals surface area contributed by atoms with E-state index in [9.17, 15) is 4.79 Å². The number of thioether (sulfide) groups is 1. The van der Waals surface area contributed by atoms with Gasteiger partial charge in [-0.05, 0) is 11.6 Å². The average Bonchev–Trinajstić information content (AvgIpc) is 2.84. The van der Waals surface area contributed by atoms with Gasteiger partial charge in [0.2, 0.25) is 11.0 Å². The summed E-state index contributed by atoms with van der Waals surface area (Å²) in [4.78, 5) is 11.6. The fourth-order valence-electron chi connectivity index (χ4n) is 1.25. The summed E-state index contributed by atoms with van der Waals surface area (Å²) in [6.45, 7) is 0. The largest absolute Gasteiger partial charge is 0.300 e. The zero-order chi connectivity index (χ0) is 12.8. The van der Waals surface area contributed by atoms with Crippen LogP contribution in [0.5, 0.6) is 0 Å². The van der Waals surface area contributed by atoms with Crippen molar-refractivity contribution in [3.63, 3.8) is 0 Å². The Morgan fingerprint density at radius 1 is 1.44 bits per heavy atom. The van der Waals surface area contributed by atoms with E-state index in [0.717, 1.165) is 10.6 Å². The highest BCUT2D eigenvalue weighted by Gasteiger charge is 2.06. The van der Waals surface area contributed by atoms with Gasteiger partial charge in [-0.15, -0.1) is 22.0 Å². The lowest BCUT2D eigenvalue weighted by Gasteiger charge is -2.03. The lowest BCUT2D eigenvalue weighted by atomic mass is 10.2. The Labute approximate surface area is 118 Å². The van der Waals surface area contributed by atoms with Gasteiger partial charge in [-0.25, -0.2) is 0 Å². The second kappa shape index (κ2) is 6.72. The molecule has 0 radical (unpaired) electrons. The van der Waals surface area contributed by atoms with E-state index in [-0.39, 0.29) is 5.91 Å². The first-order chi connectivity index (χ1) is 8.75. The molecule has 0 atom stereocenters. The molecule has 0 aliphatic heterocycles. The van der Waals surface area contributed by atoms with E-state index < -0.39 is 0 Å². The van der Waals surface area contributed by atoms with Crippen molar-refractivity contribution in [3.05, 3.63) is 40.4 Å². The van der Waals surface area contributed by atoms with Crippen molar-refractivity contribution in [2.24, 2.45) is 0 Å². The number of benzene rings is 1. The van der Waals surface area contributed by atoms with Gasteiger partial charge < -0.3 is 0 Å². The Hall–Kier alpha value is -1.11. The van der Waals surface area contributed by atoms with Crippen molar-refractivity contribution in [2.75, 3.05) is 11.1 Å². The van der Waals surface area contributed by atoms with Crippen LogP contribution in [0.4, 0.5) is 5.13 Å². The first-order valence-electron chi connectivity index (χ1n) is 5.13. The molecule has 0 bridgehead atoms. The van der Waals surface area contributed by atoms with Crippen molar-refractivity contribution < 1.29 is 4.79 Å². The van der Waals surface area contributed by atoms with Gasteiger partial charge in [-0.2, -0.15) is 0 Å². The molecule has 0 unspecified atom stereocenters. The highest BCUT2D eigenvalue weighted by molar-refractivity contribution is 7.99. The topological polar surface area (TPSA) is 54.9 Å². The number of rotatable bonds is 5. The fourth-order valence-corrected chi connectivity index (χ4v) is 2.83. The predicted octanol–water partition coefficient (Wildman–Crippen LogP) is 3.06. The van der Waals surface area contributed by atoms with Crippen LogP contribution in [0.2, 0.25) is 5.02 Å². The van der Waals surface area contributed by atoms with Gasteiger partial charge in [-0.1, -0.05) is 41.1 Å². The van der Waals surface area contributed by atoms with Gasteiger partial charge >= 0.3 is 0 Å². The number of amides is 1. The molecule has 18 heavy (non-hydrogen) atoms. The minimum Gasteiger partial charge on any atom is -0.300 e. The zero-order valence-corrected chi connectivity index (χ0v) is 11.7. The SMILES string of the molecule is O=C(CSCc1ccccc1Cl)Nc1nncs1. The van der Waals surface area contributed by atoms with Crippen LogP contribution in [0.3, 0.4) is 0 Å². The minimum atomic E-state index is -0.0798. The molecule has 0 fully saturated rings. The van der Waals surface area contributed by atoms with E-state index in [2.05, 4.69) is 15.5 Å². The summed E-state index contributed by atoms with van der Waals surface area (Å²) in [6.07, 6.45) is 0. The van der Waals surface area contributed by atoms with Crippen LogP contribution in [0.25, 0.3) is 0 Å². The van der Waals surface area contributed by atoms with Gasteiger partial charge in [0.15, 0.2) is 0 Å². The molecule has 0 saturated carbocycles. The molecule has 1 N–H and O–H groups in total. The summed E-state index contributed by atoms with van der Waals surface area (Å²) in [7, 11) is 0. The first kappa shape index (κ1) is 13.3. The van der Waals surface area contributed by atoms with Crippen molar-refractivity contribution in [1.29, 1.82) is 0 Å². The summed E-state index contributed by atoms with van der Waals surface area (Å²) in [5.74, 6) is 0.998. The number of carbonyl (C=O) groups is 1. The lowest BCUT2D eigenvalue weighted by Crippen LogP contribution is -2.14. The van der Waals surface area contributed by atoms with Crippen molar-refractivity contribution in [2.45, 2.75) is 5.75 Å². The van der Waals surface area contributed by atoms with Crippen molar-refractivity contribution in [3.8, 4) is 0 Å². The quantitative estimate of drug-likeness (QED) is 0.922. The van der Waals surface area contributed by atoms with Crippen LogP contribution in [-0.2, 0) is 10.5 Å². The van der Waals surface area contributed by atoms with E-state index >= 15 is 0 Å². The smallest absolute Gasteiger partial charge is 0.236 e. The molecule has 0 saturated heterocycles. The number of nitrogens with one attached hydrogen (secondary N) is 1. The molecule has 0 spiro atoms. The van der Waals surface area contributed by atoms with Gasteiger partial charge in [0.1, 0.15) is 5.51 Å². The van der Waals surface area contributed by atoms with Crippen molar-refractivity contribution >= 4 is 45.7 Å². The Kier molecular flexibility index (Phi) is 4.98. The Bertz CT molecular complexity index is 519. The van der Waals surface area contributed by atoms with Crippen LogP contribution < -0.4 is 5.32 Å². The Balaban J connectivity index is 1.75. The van der Waals surface area contributed by atoms with Crippen LogP contribution in [-0.4, -0.2) is 21.9 Å². The molecule has 1 aromatic carbocycles. The molecular formula is C11H10ClN3OS2. The Morgan fingerprint density at radius 3 is 3.00 bits per heavy atom. The summed E-state index contributed by atoms with van der Waals surface area (Å²) >= 11 is 8.83. The molecule has 94 valence electrons. The standard InChI is InChI=1S/C11H10ClN3OS2/c12-9-4-2-1-3-8(9)5-17-6-10(16)14-11-15-13-7-18-11/h1-4,7H,5-6H2,(H,14,15,16). The third-order valence-electron chi connectivity index (χ3n) is 2.05. The summed E-state index contributed by atoms with van der Waals surface area (Å²) in [5.41, 5.74) is 2.61. The third-order valence-corrected chi connectivity index (χ3v) is 4.01. The van der Waals surface area contributed by atoms with E-state index in [1.807, 2.05) is 24.3 Å². The molecule has 1 amide bonds. The van der Waals surface area contributed by atoms with E-state index in [4.69, 9.17) is 11.6 Å². The number of carbonyl (C=O) groups excluding carboxylic acids is 1. The van der Waals surface area contributed by atoms with Gasteiger partial charge in [-0.3, -0.25) is 10.1 Å². The van der Waals surface area contributed by atoms with Gasteiger partial charge in [0, 0.05) is 10.8 Å². The number of hydrogen-bond acceptors (Lipinski definition) is 5. The molecule has 0 aliphatic carbocycles. The van der Waals surface area contributed by atoms with Gasteiger partial charge in [0.25, 0.3) is 0 Å². The monoisotopic (exact) mass is 299 g/mol. The van der Waals surface area contributed by atoms with Crippen LogP contribution >= 0.6 is 34.7 Å². The maximum absolute atomic E-state index is 11.6. The minimum absolute atomic E-state index is 0.0798. The summed E-state index contributed by atoms with van der Waals surface area (Å²) < 4.78 is 0. The highest BCUT2D eigenvalue weighted by Crippen LogP contribution is 2.20. The Morgan fingerprint density at radius 2 is 2.28 bits per heavy atom. The zero-order valence-electron chi connectivity index (χ0n) is 9.30. The lowest BCUT2D eigenvalue weighted by molar-refractivity contribution is -0.113. The number of halogens is 1. The molecule has 2 aromatic rings. The summed E-state index contributed by atoms with van der Waals surface area (Å²) in [5, 5.41) is 11.3. The van der Waals surface area contributed by atoms with Crippen LogP contribution in [0, 0.1) is 0 Å². The number of aromatic nitrogens is 2. The summed E-state index contributed by atoms with van der Waals surface area (Å²) in [6, 6.07) is 7.62. The molecule has 0 aliphatic rings. The van der Waals surface area contributed by atoms with Gasteiger partial charge in [0.05, 0.1) is 5.75 Å². The van der Waals surface area contributed by atoms with E-state index in [1.165, 1.54) is 23.1 Å². The number of nitrogens with zero attached hydrogens (tertiary/aromatic N) is 2. The van der Waals surface area contributed by atoms with E-state index in [1.54, 1.807) is 5.51 Å². The molecular weight excluding hydrogens is 290 g/mol. The maximum atomic E-state index is 11.6. The fraction of sp³-hybridized carbons (Fsp3) is 0.182. The van der Waals surface area contributed by atoms with Crippen LogP contribution in [0.15, 0.2) is 29.8 Å². The molecule has 2 rings (SSSR count). The second-order valence-electron chi connectivity index (χ2n) is 3.38. The van der Waals surface area contributed by atoms with Crippen LogP contribution in [0.1, 0.15) is 5.56 Å². The highest BCUT2D eigenvalue weighted by atomic mass is 35.5. The average molecular weight is 300 g/mol. The van der Waals surface area contributed by atoms with E-state index in [0.29, 0.717) is 16.6 Å². The number of hydrogen-bond donors (Lipinski definition) is 1. The van der Waals surface area contributed by atoms with Crippen molar-refractivity contribution in [1.82, 2.24) is 10.2 Å². The number of anilines is 1. The first-order valence-corrected chi connectivity index (χ1v) is 7.54. The molecule has 1 aromatic heterocycles. The normalized spacial score (nSPS) is 10.3. The second-order valence-corrected chi connectivity index (χ2v) is 5.60.